The Kier molecular flexibility index (Phi) is 4.08. The van der Waals surface area contributed by atoms with Crippen LogP contribution in [-0.4, -0.2) is 47.1 Å². The monoisotopic (exact) mass is 287 g/mol. The summed E-state index contributed by atoms with van der Waals surface area (Å²) in [6.07, 6.45) is 3.82. The highest BCUT2D eigenvalue weighted by Gasteiger charge is 2.48. The number of nitrogens with zero attached hydrogens (tertiary/aromatic N) is 2. The van der Waals surface area contributed by atoms with Crippen molar-refractivity contribution in [2.24, 2.45) is 5.73 Å². The van der Waals surface area contributed by atoms with Crippen LogP contribution in [0.1, 0.15) is 38.7 Å². The molecule has 1 aromatic rings. The molecule has 2 aliphatic heterocycles. The zero-order chi connectivity index (χ0) is 14.9. The van der Waals surface area contributed by atoms with Gasteiger partial charge in [-0.25, -0.2) is 0 Å². The maximum Gasteiger partial charge on any atom is 0.0475 e. The van der Waals surface area contributed by atoms with Crippen LogP contribution in [0, 0.1) is 0 Å². The minimum absolute atomic E-state index is 0.189. The minimum atomic E-state index is 0.189. The molecule has 2 aliphatic rings. The van der Waals surface area contributed by atoms with E-state index < -0.39 is 0 Å². The van der Waals surface area contributed by atoms with Crippen LogP contribution < -0.4 is 5.73 Å². The van der Waals surface area contributed by atoms with Crippen LogP contribution >= 0.6 is 0 Å². The molecule has 1 atom stereocenters. The molecule has 2 fully saturated rings. The molecule has 0 amide bonds. The molecule has 21 heavy (non-hydrogen) atoms. The molecule has 2 saturated heterocycles. The zero-order valence-electron chi connectivity index (χ0n) is 13.5. The molecule has 0 spiro atoms. The van der Waals surface area contributed by atoms with Crippen molar-refractivity contribution in [3.8, 4) is 0 Å². The third-order valence-electron chi connectivity index (χ3n) is 5.51. The van der Waals surface area contributed by atoms with Gasteiger partial charge in [0, 0.05) is 37.3 Å². The van der Waals surface area contributed by atoms with Crippen molar-refractivity contribution in [3.05, 3.63) is 35.9 Å². The van der Waals surface area contributed by atoms with E-state index >= 15 is 0 Å². The fraction of sp³-hybridized carbons (Fsp3) is 0.667. The highest BCUT2D eigenvalue weighted by atomic mass is 15.3. The van der Waals surface area contributed by atoms with E-state index in [0.717, 1.165) is 19.6 Å². The summed E-state index contributed by atoms with van der Waals surface area (Å²) in [5, 5.41) is 0. The Morgan fingerprint density at radius 1 is 1.10 bits per heavy atom. The highest BCUT2D eigenvalue weighted by molar-refractivity contribution is 5.16. The van der Waals surface area contributed by atoms with Crippen LogP contribution in [0.3, 0.4) is 0 Å². The summed E-state index contributed by atoms with van der Waals surface area (Å²) in [4.78, 5) is 5.29. The van der Waals surface area contributed by atoms with Gasteiger partial charge < -0.3 is 5.73 Å². The lowest BCUT2D eigenvalue weighted by atomic mass is 9.90. The molecule has 0 bridgehead atoms. The van der Waals surface area contributed by atoms with Gasteiger partial charge in [0.05, 0.1) is 0 Å². The van der Waals surface area contributed by atoms with Gasteiger partial charge in [-0.15, -0.1) is 0 Å². The molecule has 3 rings (SSSR count). The van der Waals surface area contributed by atoms with E-state index in [1.54, 1.807) is 0 Å². The molecule has 116 valence electrons. The predicted molar refractivity (Wildman–Crippen MR) is 88.1 cm³/mol. The highest BCUT2D eigenvalue weighted by Crippen LogP contribution is 2.39. The SMILES string of the molecule is CC1(C)CCCN1C1(CN)CCN(Cc2ccccc2)C1. The number of hydrogen-bond donors (Lipinski definition) is 1. The third kappa shape index (κ3) is 2.87. The van der Waals surface area contributed by atoms with Gasteiger partial charge in [-0.05, 0) is 45.2 Å². The van der Waals surface area contributed by atoms with E-state index in [-0.39, 0.29) is 5.54 Å². The fourth-order valence-corrected chi connectivity index (χ4v) is 4.40. The molecule has 3 heteroatoms. The van der Waals surface area contributed by atoms with E-state index in [9.17, 15) is 0 Å². The normalized spacial score (nSPS) is 30.0. The van der Waals surface area contributed by atoms with Crippen LogP contribution in [0.2, 0.25) is 0 Å². The Balaban J connectivity index is 1.71. The second-order valence-corrected chi connectivity index (χ2v) is 7.44. The summed E-state index contributed by atoms with van der Waals surface area (Å²) >= 11 is 0. The van der Waals surface area contributed by atoms with E-state index in [0.29, 0.717) is 5.54 Å². The Morgan fingerprint density at radius 3 is 2.48 bits per heavy atom. The lowest BCUT2D eigenvalue weighted by molar-refractivity contribution is 0.0399. The summed E-state index contributed by atoms with van der Waals surface area (Å²) < 4.78 is 0. The van der Waals surface area contributed by atoms with Gasteiger partial charge in [0.1, 0.15) is 0 Å². The molecular weight excluding hydrogens is 258 g/mol. The molecule has 1 unspecified atom stereocenters. The van der Waals surface area contributed by atoms with Crippen molar-refractivity contribution < 1.29 is 0 Å². The molecule has 2 N–H and O–H groups in total. The van der Waals surface area contributed by atoms with Crippen molar-refractivity contribution in [1.82, 2.24) is 9.80 Å². The van der Waals surface area contributed by atoms with Crippen molar-refractivity contribution in [3.63, 3.8) is 0 Å². The van der Waals surface area contributed by atoms with Gasteiger partial charge in [-0.2, -0.15) is 0 Å². The first-order valence-corrected chi connectivity index (χ1v) is 8.30. The molecule has 3 nitrogen and oxygen atoms in total. The lowest BCUT2D eigenvalue weighted by Crippen LogP contribution is -2.60. The van der Waals surface area contributed by atoms with Crippen LogP contribution in [0.5, 0.6) is 0 Å². The first kappa shape index (κ1) is 15.0. The average Bonchev–Trinajstić information content (AvgIpc) is 3.04. The molecule has 0 saturated carbocycles. The zero-order valence-corrected chi connectivity index (χ0v) is 13.5. The Morgan fingerprint density at radius 2 is 1.86 bits per heavy atom. The van der Waals surface area contributed by atoms with Crippen LogP contribution in [0.4, 0.5) is 0 Å². The Bertz CT molecular complexity index is 471. The molecule has 2 heterocycles. The quantitative estimate of drug-likeness (QED) is 0.923. The summed E-state index contributed by atoms with van der Waals surface area (Å²) in [6.45, 7) is 10.1. The van der Waals surface area contributed by atoms with Gasteiger partial charge in [0.15, 0.2) is 0 Å². The van der Waals surface area contributed by atoms with Crippen LogP contribution in [0.25, 0.3) is 0 Å². The summed E-state index contributed by atoms with van der Waals surface area (Å²) in [5.41, 5.74) is 8.16. The van der Waals surface area contributed by atoms with E-state index in [4.69, 9.17) is 5.73 Å². The molecule has 1 aromatic carbocycles. The minimum Gasteiger partial charge on any atom is -0.329 e. The third-order valence-corrected chi connectivity index (χ3v) is 5.51. The molecule has 0 aromatic heterocycles. The molecular formula is C18H29N3. The van der Waals surface area contributed by atoms with Crippen LogP contribution in [-0.2, 0) is 6.54 Å². The summed E-state index contributed by atoms with van der Waals surface area (Å²) in [7, 11) is 0. The van der Waals surface area contributed by atoms with Crippen molar-refractivity contribution in [1.29, 1.82) is 0 Å². The number of likely N-dealkylation sites (tertiary alicyclic amines) is 2. The maximum atomic E-state index is 6.26. The standard InChI is InChI=1S/C18H29N3/c1-17(2)9-6-11-21(17)18(14-19)10-12-20(15-18)13-16-7-4-3-5-8-16/h3-5,7-8H,6,9-15,19H2,1-2H3. The first-order chi connectivity index (χ1) is 10.1. The van der Waals surface area contributed by atoms with Gasteiger partial charge in [0.25, 0.3) is 0 Å². The molecule has 0 aliphatic carbocycles. The predicted octanol–water partition coefficient (Wildman–Crippen LogP) is 2.46. The molecule has 0 radical (unpaired) electrons. The van der Waals surface area contributed by atoms with Gasteiger partial charge >= 0.3 is 0 Å². The second-order valence-electron chi connectivity index (χ2n) is 7.44. The second kappa shape index (κ2) is 5.71. The Hall–Kier alpha value is -0.900. The van der Waals surface area contributed by atoms with Gasteiger partial charge in [-0.1, -0.05) is 30.3 Å². The fourth-order valence-electron chi connectivity index (χ4n) is 4.40. The summed E-state index contributed by atoms with van der Waals surface area (Å²) in [5.74, 6) is 0. The Labute approximate surface area is 129 Å². The van der Waals surface area contributed by atoms with Gasteiger partial charge in [0.2, 0.25) is 0 Å². The largest absolute Gasteiger partial charge is 0.329 e. The summed E-state index contributed by atoms with van der Waals surface area (Å²) in [6, 6.07) is 10.8. The van der Waals surface area contributed by atoms with Crippen molar-refractivity contribution >= 4 is 0 Å². The van der Waals surface area contributed by atoms with Crippen molar-refractivity contribution in [2.45, 2.75) is 50.7 Å². The van der Waals surface area contributed by atoms with E-state index in [1.807, 2.05) is 0 Å². The lowest BCUT2D eigenvalue weighted by Gasteiger charge is -2.46. The van der Waals surface area contributed by atoms with E-state index in [2.05, 4.69) is 54.0 Å². The number of rotatable bonds is 4. The maximum absolute atomic E-state index is 6.26. The smallest absolute Gasteiger partial charge is 0.0475 e. The van der Waals surface area contributed by atoms with E-state index in [1.165, 1.54) is 37.9 Å². The van der Waals surface area contributed by atoms with Crippen LogP contribution in [0.15, 0.2) is 30.3 Å². The van der Waals surface area contributed by atoms with Gasteiger partial charge in [-0.3, -0.25) is 9.80 Å². The average molecular weight is 287 g/mol. The number of nitrogens with two attached hydrogens (primary N) is 1. The van der Waals surface area contributed by atoms with Crippen molar-refractivity contribution in [2.75, 3.05) is 26.2 Å². The topological polar surface area (TPSA) is 32.5 Å². The number of benzene rings is 1. The number of hydrogen-bond acceptors (Lipinski definition) is 3. The first-order valence-electron chi connectivity index (χ1n) is 8.30.